The van der Waals surface area contributed by atoms with Gasteiger partial charge < -0.3 is 4.43 Å². The predicted octanol–water partition coefficient (Wildman–Crippen LogP) is 2.08. The Labute approximate surface area is 138 Å². The Balaban J connectivity index is 3.21. The van der Waals surface area contributed by atoms with E-state index in [-0.39, 0.29) is 16.7 Å². The first-order valence-electron chi connectivity index (χ1n) is 7.77. The van der Waals surface area contributed by atoms with E-state index in [1.54, 1.807) is 6.92 Å². The van der Waals surface area contributed by atoms with Crippen LogP contribution in [0.1, 0.15) is 43.7 Å². The van der Waals surface area contributed by atoms with E-state index < -0.39 is 19.6 Å². The zero-order valence-corrected chi connectivity index (χ0v) is 16.4. The molecule has 1 aromatic heterocycles. The summed E-state index contributed by atoms with van der Waals surface area (Å²) in [5.74, 6) is 0. The highest BCUT2D eigenvalue weighted by atomic mass is 28.4. The summed E-state index contributed by atoms with van der Waals surface area (Å²) in [5.41, 5.74) is -0.578. The third-order valence-corrected chi connectivity index (χ3v) is 9.31. The molecule has 0 aliphatic heterocycles. The van der Waals surface area contributed by atoms with Crippen LogP contribution in [-0.2, 0) is 18.0 Å². The van der Waals surface area contributed by atoms with Crippen LogP contribution < -0.4 is 11.2 Å². The van der Waals surface area contributed by atoms with Crippen molar-refractivity contribution in [2.45, 2.75) is 65.4 Å². The van der Waals surface area contributed by atoms with Crippen molar-refractivity contribution in [1.29, 1.82) is 0 Å². The quantitative estimate of drug-likeness (QED) is 0.608. The van der Waals surface area contributed by atoms with E-state index in [0.29, 0.717) is 18.5 Å². The molecule has 130 valence electrons. The first-order valence-corrected chi connectivity index (χ1v) is 10.7. The Morgan fingerprint density at radius 2 is 1.78 bits per heavy atom. The molecule has 0 bridgehead atoms. The molecule has 1 heterocycles. The molecule has 1 rings (SSSR count). The van der Waals surface area contributed by atoms with Gasteiger partial charge in [0.2, 0.25) is 0 Å². The Bertz CT molecular complexity index is 711. The largest absolute Gasteiger partial charge is 0.412 e. The number of aldehydes is 1. The maximum Gasteiger partial charge on any atom is 0.331 e. The zero-order chi connectivity index (χ0) is 18.2. The topological polar surface area (TPSA) is 70.3 Å². The Morgan fingerprint density at radius 1 is 1.26 bits per heavy atom. The minimum atomic E-state index is -1.96. The monoisotopic (exact) mass is 340 g/mol. The molecule has 0 amide bonds. The van der Waals surface area contributed by atoms with Crippen LogP contribution in [0.25, 0.3) is 0 Å². The summed E-state index contributed by atoms with van der Waals surface area (Å²) in [4.78, 5) is 35.4. The highest BCUT2D eigenvalue weighted by Gasteiger charge is 2.38. The van der Waals surface area contributed by atoms with Crippen molar-refractivity contribution in [3.63, 3.8) is 0 Å². The van der Waals surface area contributed by atoms with E-state index in [4.69, 9.17) is 4.43 Å². The summed E-state index contributed by atoms with van der Waals surface area (Å²) in [6, 6.07) is 0. The van der Waals surface area contributed by atoms with Crippen molar-refractivity contribution in [3.8, 4) is 0 Å². The van der Waals surface area contributed by atoms with Crippen LogP contribution in [0.15, 0.2) is 9.59 Å². The van der Waals surface area contributed by atoms with Gasteiger partial charge in [0.1, 0.15) is 0 Å². The minimum absolute atomic E-state index is 0.0200. The molecule has 7 heteroatoms. The van der Waals surface area contributed by atoms with E-state index in [1.165, 1.54) is 11.6 Å². The average molecular weight is 340 g/mol. The molecule has 1 unspecified atom stereocenters. The molecule has 1 aromatic rings. The van der Waals surface area contributed by atoms with Crippen LogP contribution in [0, 0.1) is 6.92 Å². The van der Waals surface area contributed by atoms with Crippen LogP contribution in [0.4, 0.5) is 0 Å². The number of aromatic nitrogens is 2. The highest BCUT2D eigenvalue weighted by molar-refractivity contribution is 6.74. The summed E-state index contributed by atoms with van der Waals surface area (Å²) < 4.78 is 8.68. The maximum absolute atomic E-state index is 12.3. The van der Waals surface area contributed by atoms with Crippen LogP contribution in [0.5, 0.6) is 0 Å². The van der Waals surface area contributed by atoms with Gasteiger partial charge in [-0.2, -0.15) is 0 Å². The molecule has 0 saturated carbocycles. The molecule has 0 aromatic carbocycles. The molecular formula is C16H28N2O4Si. The van der Waals surface area contributed by atoms with Crippen LogP contribution in [0.3, 0.4) is 0 Å². The summed E-state index contributed by atoms with van der Waals surface area (Å²) in [7, 11) is -0.575. The first kappa shape index (κ1) is 19.6. The minimum Gasteiger partial charge on any atom is -0.412 e. The van der Waals surface area contributed by atoms with Gasteiger partial charge in [-0.1, -0.05) is 20.8 Å². The Morgan fingerprint density at radius 3 is 2.22 bits per heavy atom. The van der Waals surface area contributed by atoms with E-state index in [0.717, 1.165) is 4.57 Å². The molecular weight excluding hydrogens is 312 g/mol. The van der Waals surface area contributed by atoms with E-state index in [2.05, 4.69) is 33.9 Å². The SMILES string of the molecule is Cc1c(C=O)c(=O)n(C)c(=O)n1CC(C)O[Si](C)(C)C(C)(C)C. The summed E-state index contributed by atoms with van der Waals surface area (Å²) in [6.07, 6.45) is 0.316. The predicted molar refractivity (Wildman–Crippen MR) is 93.8 cm³/mol. The summed E-state index contributed by atoms with van der Waals surface area (Å²) in [6.45, 7) is 14.6. The molecule has 0 fully saturated rings. The number of carbonyl (C=O) groups excluding carboxylic acids is 1. The molecule has 0 aliphatic rings. The second-order valence-corrected chi connectivity index (χ2v) is 12.3. The van der Waals surface area contributed by atoms with Gasteiger partial charge in [0.05, 0.1) is 18.2 Å². The summed E-state index contributed by atoms with van der Waals surface area (Å²) >= 11 is 0. The molecule has 1 atom stereocenters. The lowest BCUT2D eigenvalue weighted by Gasteiger charge is -2.38. The number of carbonyl (C=O) groups is 1. The van der Waals surface area contributed by atoms with Gasteiger partial charge in [-0.15, -0.1) is 0 Å². The van der Waals surface area contributed by atoms with Gasteiger partial charge in [-0.25, -0.2) is 4.79 Å². The summed E-state index contributed by atoms with van der Waals surface area (Å²) in [5, 5.41) is 0.0682. The molecule has 23 heavy (non-hydrogen) atoms. The van der Waals surface area contributed by atoms with Crippen molar-refractivity contribution in [3.05, 3.63) is 32.1 Å². The molecule has 0 aliphatic carbocycles. The van der Waals surface area contributed by atoms with Gasteiger partial charge in [-0.05, 0) is 32.0 Å². The maximum atomic E-state index is 12.3. The fourth-order valence-electron chi connectivity index (χ4n) is 2.22. The van der Waals surface area contributed by atoms with Crippen molar-refractivity contribution < 1.29 is 9.22 Å². The van der Waals surface area contributed by atoms with Crippen molar-refractivity contribution in [2.75, 3.05) is 0 Å². The molecule has 0 radical (unpaired) electrons. The van der Waals surface area contributed by atoms with Gasteiger partial charge in [0.25, 0.3) is 5.56 Å². The fraction of sp³-hybridized carbons (Fsp3) is 0.688. The third kappa shape index (κ3) is 3.90. The number of hydrogen-bond acceptors (Lipinski definition) is 4. The Hall–Kier alpha value is -1.47. The van der Waals surface area contributed by atoms with Gasteiger partial charge in [-0.3, -0.25) is 18.7 Å². The average Bonchev–Trinajstić information content (AvgIpc) is 2.40. The second-order valence-electron chi connectivity index (χ2n) is 7.56. The van der Waals surface area contributed by atoms with E-state index in [1.807, 2.05) is 6.92 Å². The smallest absolute Gasteiger partial charge is 0.331 e. The number of hydrogen-bond donors (Lipinski definition) is 0. The lowest BCUT2D eigenvalue weighted by molar-refractivity contribution is 0.111. The molecule has 0 spiro atoms. The van der Waals surface area contributed by atoms with Gasteiger partial charge >= 0.3 is 5.69 Å². The number of nitrogens with zero attached hydrogens (tertiary/aromatic N) is 2. The van der Waals surface area contributed by atoms with Gasteiger partial charge in [0.15, 0.2) is 14.6 Å². The van der Waals surface area contributed by atoms with Crippen molar-refractivity contribution >= 4 is 14.6 Å². The number of rotatable bonds is 5. The van der Waals surface area contributed by atoms with E-state index >= 15 is 0 Å². The molecule has 6 nitrogen and oxygen atoms in total. The standard InChI is InChI=1S/C16H28N2O4Si/c1-11(22-23(7,8)16(3,4)5)9-18-12(2)13(10-19)14(20)17(6)15(18)21/h10-11H,9H2,1-8H3. The molecule has 0 saturated heterocycles. The normalized spacial score (nSPS) is 13.9. The highest BCUT2D eigenvalue weighted by Crippen LogP contribution is 2.37. The van der Waals surface area contributed by atoms with Crippen LogP contribution >= 0.6 is 0 Å². The Kier molecular flexibility index (Phi) is 5.59. The fourth-order valence-corrected chi connectivity index (χ4v) is 3.65. The zero-order valence-electron chi connectivity index (χ0n) is 15.4. The lowest BCUT2D eigenvalue weighted by atomic mass is 10.2. The van der Waals surface area contributed by atoms with Crippen LogP contribution in [0.2, 0.25) is 18.1 Å². The van der Waals surface area contributed by atoms with Crippen LogP contribution in [-0.4, -0.2) is 29.8 Å². The molecule has 0 N–H and O–H groups in total. The first-order chi connectivity index (χ1) is 10.3. The van der Waals surface area contributed by atoms with E-state index in [9.17, 15) is 14.4 Å². The lowest BCUT2D eigenvalue weighted by Crippen LogP contribution is -2.47. The third-order valence-electron chi connectivity index (χ3n) is 4.71. The van der Waals surface area contributed by atoms with Crippen molar-refractivity contribution in [2.24, 2.45) is 7.05 Å². The second kappa shape index (κ2) is 6.57. The van der Waals surface area contributed by atoms with Crippen molar-refractivity contribution in [1.82, 2.24) is 9.13 Å². The van der Waals surface area contributed by atoms with Gasteiger partial charge in [0, 0.05) is 12.7 Å².